The van der Waals surface area contributed by atoms with Gasteiger partial charge in [-0.15, -0.1) is 0 Å². The van der Waals surface area contributed by atoms with Crippen molar-refractivity contribution >= 4 is 18.7 Å². The second kappa shape index (κ2) is 7.38. The molecule has 1 aromatic carbocycles. The van der Waals surface area contributed by atoms with E-state index in [0.717, 1.165) is 31.1 Å². The minimum absolute atomic E-state index is 0.0281. The third kappa shape index (κ3) is 4.55. The van der Waals surface area contributed by atoms with E-state index in [1.165, 1.54) is 11.1 Å². The molecular weight excluding hydrogens is 353 g/mol. The van der Waals surface area contributed by atoms with Gasteiger partial charge in [-0.25, -0.2) is 4.79 Å². The zero-order valence-corrected chi connectivity index (χ0v) is 18.3. The largest absolute Gasteiger partial charge is 0.494 e. The summed E-state index contributed by atoms with van der Waals surface area (Å²) in [4.78, 5) is 12.3. The van der Waals surface area contributed by atoms with Crippen LogP contribution in [0.5, 0.6) is 0 Å². The Morgan fingerprint density at radius 3 is 2.39 bits per heavy atom. The van der Waals surface area contributed by atoms with Gasteiger partial charge >= 0.3 is 13.2 Å². The zero-order valence-electron chi connectivity index (χ0n) is 18.3. The lowest BCUT2D eigenvalue weighted by Gasteiger charge is -2.32. The van der Waals surface area contributed by atoms with Gasteiger partial charge in [0.2, 0.25) is 0 Å². The average Bonchev–Trinajstić information content (AvgIpc) is 2.68. The van der Waals surface area contributed by atoms with E-state index in [4.69, 9.17) is 14.0 Å². The fraction of sp³-hybridized carbons (Fsp3) is 0.682. The summed E-state index contributed by atoms with van der Waals surface area (Å²) in [5, 5.41) is 3.06. The molecule has 1 aliphatic heterocycles. The number of ether oxygens (including phenoxy) is 1. The predicted octanol–water partition coefficient (Wildman–Crippen LogP) is 4.28. The van der Waals surface area contributed by atoms with Crippen molar-refractivity contribution in [3.8, 4) is 0 Å². The summed E-state index contributed by atoms with van der Waals surface area (Å²) >= 11 is 0. The molecule has 6 heteroatoms. The lowest BCUT2D eigenvalue weighted by molar-refractivity contribution is 0.00578. The fourth-order valence-electron chi connectivity index (χ4n) is 3.73. The monoisotopic (exact) mass is 387 g/mol. The molecule has 1 N–H and O–H groups in total. The Morgan fingerprint density at radius 1 is 1.14 bits per heavy atom. The lowest BCUT2D eigenvalue weighted by Crippen LogP contribution is -2.41. The lowest BCUT2D eigenvalue weighted by atomic mass is 9.77. The van der Waals surface area contributed by atoms with E-state index in [1.807, 2.05) is 20.8 Å². The Kier molecular flexibility index (Phi) is 5.58. The average molecular weight is 387 g/mol. The second-order valence-corrected chi connectivity index (χ2v) is 9.99. The maximum Gasteiger partial charge on any atom is 0.494 e. The highest BCUT2D eigenvalue weighted by molar-refractivity contribution is 6.62. The van der Waals surface area contributed by atoms with Crippen molar-refractivity contribution in [3.05, 3.63) is 29.3 Å². The number of hydrogen-bond donors (Lipinski definition) is 1. The van der Waals surface area contributed by atoms with Gasteiger partial charge < -0.3 is 19.4 Å². The third-order valence-electron chi connectivity index (χ3n) is 5.95. The van der Waals surface area contributed by atoms with E-state index in [0.29, 0.717) is 0 Å². The number of rotatable bonds is 2. The van der Waals surface area contributed by atoms with Crippen molar-refractivity contribution in [1.82, 2.24) is 5.32 Å². The van der Waals surface area contributed by atoms with Crippen molar-refractivity contribution in [2.24, 2.45) is 0 Å². The number of nitrogens with one attached hydrogen (secondary N) is 1. The quantitative estimate of drug-likeness (QED) is 0.608. The summed E-state index contributed by atoms with van der Waals surface area (Å²) in [6.07, 6.45) is 3.73. The topological polar surface area (TPSA) is 56.8 Å². The van der Waals surface area contributed by atoms with Gasteiger partial charge in [-0.2, -0.15) is 0 Å². The molecule has 154 valence electrons. The molecule has 5 nitrogen and oxygen atoms in total. The molecule has 2 aliphatic rings. The first-order valence-electron chi connectivity index (χ1n) is 10.4. The van der Waals surface area contributed by atoms with E-state index >= 15 is 0 Å². The van der Waals surface area contributed by atoms with Gasteiger partial charge in [0.15, 0.2) is 0 Å². The second-order valence-electron chi connectivity index (χ2n) is 9.99. The molecule has 1 amide bonds. The maximum atomic E-state index is 12.3. The van der Waals surface area contributed by atoms with E-state index in [1.54, 1.807) is 0 Å². The Balaban J connectivity index is 1.81. The number of hydrogen-bond acceptors (Lipinski definition) is 4. The van der Waals surface area contributed by atoms with Gasteiger partial charge in [0.25, 0.3) is 0 Å². The number of aryl methyl sites for hydroxylation is 1. The molecule has 1 atom stereocenters. The maximum absolute atomic E-state index is 12.3. The minimum atomic E-state index is -0.502. The molecule has 0 radical (unpaired) electrons. The van der Waals surface area contributed by atoms with Crippen LogP contribution in [-0.2, 0) is 20.5 Å². The number of fused-ring (bicyclic) bond motifs is 1. The molecule has 0 saturated carbocycles. The molecule has 1 aromatic rings. The molecular formula is C22H34BNO4. The molecule has 0 aromatic heterocycles. The van der Waals surface area contributed by atoms with Crippen LogP contribution in [0, 0.1) is 0 Å². The first-order valence-corrected chi connectivity index (χ1v) is 10.4. The van der Waals surface area contributed by atoms with Gasteiger partial charge in [-0.1, -0.05) is 24.6 Å². The van der Waals surface area contributed by atoms with Crippen LogP contribution in [0.15, 0.2) is 18.2 Å². The highest BCUT2D eigenvalue weighted by atomic mass is 16.7. The number of alkyl carbamates (subject to hydrolysis) is 1. The van der Waals surface area contributed by atoms with Crippen molar-refractivity contribution < 1.29 is 18.8 Å². The van der Waals surface area contributed by atoms with Gasteiger partial charge in [0.1, 0.15) is 5.60 Å². The molecule has 28 heavy (non-hydrogen) atoms. The molecule has 3 rings (SSSR count). The van der Waals surface area contributed by atoms with Gasteiger partial charge in [-0.05, 0) is 84.3 Å². The molecule has 1 aliphatic carbocycles. The number of carbonyl (C=O) groups excluding carboxylic acids is 1. The first-order chi connectivity index (χ1) is 12.9. The molecule has 1 saturated heterocycles. The standard InChI is InChI=1S/C22H34BNO4/c1-20(2,3)26-19(25)24-18-11-9-8-10-15-14-16(12-13-17(15)18)23-27-21(4,5)22(6,7)28-23/h12-14,18H,8-11H2,1-7H3,(H,24,25). The van der Waals surface area contributed by atoms with Crippen molar-refractivity contribution in [3.63, 3.8) is 0 Å². The SMILES string of the molecule is CC(C)(C)OC(=O)NC1CCCCc2cc(B3OC(C)(C)C(C)(C)O3)ccc21. The van der Waals surface area contributed by atoms with Crippen LogP contribution in [0.2, 0.25) is 0 Å². The van der Waals surface area contributed by atoms with Crippen LogP contribution in [-0.4, -0.2) is 30.0 Å². The normalized spacial score (nSPS) is 23.7. The van der Waals surface area contributed by atoms with Crippen molar-refractivity contribution in [2.75, 3.05) is 0 Å². The van der Waals surface area contributed by atoms with Crippen molar-refractivity contribution in [1.29, 1.82) is 0 Å². The van der Waals surface area contributed by atoms with Crippen LogP contribution >= 0.6 is 0 Å². The Morgan fingerprint density at radius 2 is 1.79 bits per heavy atom. The molecule has 0 spiro atoms. The zero-order chi connectivity index (χ0) is 20.7. The van der Waals surface area contributed by atoms with Crippen LogP contribution in [0.25, 0.3) is 0 Å². The summed E-state index contributed by atoms with van der Waals surface area (Å²) in [6.45, 7) is 13.9. The Hall–Kier alpha value is -1.53. The Labute approximate surface area is 169 Å². The van der Waals surface area contributed by atoms with Gasteiger partial charge in [-0.3, -0.25) is 0 Å². The number of amides is 1. The summed E-state index contributed by atoms with van der Waals surface area (Å²) < 4.78 is 17.9. The van der Waals surface area contributed by atoms with Crippen molar-refractivity contribution in [2.45, 2.75) is 97.0 Å². The van der Waals surface area contributed by atoms with Crippen LogP contribution in [0.1, 0.15) is 84.9 Å². The molecule has 1 unspecified atom stereocenters. The van der Waals surface area contributed by atoms with Crippen LogP contribution < -0.4 is 10.8 Å². The fourth-order valence-corrected chi connectivity index (χ4v) is 3.73. The summed E-state index contributed by atoms with van der Waals surface area (Å²) in [5.41, 5.74) is 2.25. The summed E-state index contributed by atoms with van der Waals surface area (Å²) in [6, 6.07) is 6.34. The van der Waals surface area contributed by atoms with E-state index in [9.17, 15) is 4.79 Å². The number of carbonyl (C=O) groups is 1. The van der Waals surface area contributed by atoms with Crippen LogP contribution in [0.3, 0.4) is 0 Å². The van der Waals surface area contributed by atoms with E-state index in [2.05, 4.69) is 51.2 Å². The third-order valence-corrected chi connectivity index (χ3v) is 5.95. The molecule has 1 heterocycles. The first kappa shape index (κ1) is 21.2. The highest BCUT2D eigenvalue weighted by Crippen LogP contribution is 2.37. The summed E-state index contributed by atoms with van der Waals surface area (Å²) in [7, 11) is -0.365. The number of benzene rings is 1. The van der Waals surface area contributed by atoms with Gasteiger partial charge in [0.05, 0.1) is 17.2 Å². The Bertz CT molecular complexity index is 723. The van der Waals surface area contributed by atoms with Crippen LogP contribution in [0.4, 0.5) is 4.79 Å². The smallest absolute Gasteiger partial charge is 0.444 e. The van der Waals surface area contributed by atoms with E-state index < -0.39 is 5.60 Å². The highest BCUT2D eigenvalue weighted by Gasteiger charge is 2.51. The minimum Gasteiger partial charge on any atom is -0.444 e. The van der Waals surface area contributed by atoms with Gasteiger partial charge in [0, 0.05) is 0 Å². The summed E-state index contributed by atoms with van der Waals surface area (Å²) in [5.74, 6) is 0. The molecule has 0 bridgehead atoms. The predicted molar refractivity (Wildman–Crippen MR) is 112 cm³/mol. The van der Waals surface area contributed by atoms with E-state index in [-0.39, 0.29) is 30.5 Å². The molecule has 1 fully saturated rings.